The second-order valence-corrected chi connectivity index (χ2v) is 6.93. The molecule has 148 valence electrons. The van der Waals surface area contributed by atoms with Crippen molar-refractivity contribution in [2.24, 2.45) is 0 Å². The summed E-state index contributed by atoms with van der Waals surface area (Å²) in [6.45, 7) is -0.111. The van der Waals surface area contributed by atoms with E-state index in [-0.39, 0.29) is 23.5 Å². The van der Waals surface area contributed by atoms with E-state index in [9.17, 15) is 19.2 Å². The lowest BCUT2D eigenvalue weighted by Crippen LogP contribution is -2.43. The van der Waals surface area contributed by atoms with Crippen molar-refractivity contribution in [2.75, 3.05) is 6.61 Å². The highest BCUT2D eigenvalue weighted by Crippen LogP contribution is 2.24. The molecule has 1 heterocycles. The molecule has 6 nitrogen and oxygen atoms in total. The van der Waals surface area contributed by atoms with Gasteiger partial charge < -0.3 is 14.8 Å². The Bertz CT molecular complexity index is 819. The van der Waals surface area contributed by atoms with Crippen LogP contribution < -0.4 is 4.73 Å². The van der Waals surface area contributed by atoms with Gasteiger partial charge in [-0.2, -0.15) is 4.73 Å². The normalized spacial score (nSPS) is 14.5. The fourth-order valence-electron chi connectivity index (χ4n) is 3.47. The zero-order valence-electron chi connectivity index (χ0n) is 15.6. The monoisotopic (exact) mass is 386 g/mol. The van der Waals surface area contributed by atoms with Crippen molar-refractivity contribution in [1.82, 2.24) is 4.90 Å². The standard InChI is InChI=1S/C21H23FN2O4/c22-17-11-9-16(10-12-17)14-23(18-6-2-1-3-7-18)20(25)15-28-21(26)19-8-4-5-13-24(19)27/h4-5,8-13,18H,1-3,6-7,14-15H2. The predicted molar refractivity (Wildman–Crippen MR) is 99.5 cm³/mol. The van der Waals surface area contributed by atoms with E-state index in [1.54, 1.807) is 23.1 Å². The van der Waals surface area contributed by atoms with Gasteiger partial charge in [0.15, 0.2) is 12.8 Å². The first-order chi connectivity index (χ1) is 13.5. The Hall–Kier alpha value is -2.96. The molecule has 1 aliphatic carbocycles. The molecule has 0 atom stereocenters. The summed E-state index contributed by atoms with van der Waals surface area (Å²) in [6, 6.07) is 10.5. The Morgan fingerprint density at radius 2 is 1.82 bits per heavy atom. The van der Waals surface area contributed by atoms with Gasteiger partial charge in [0.1, 0.15) is 5.82 Å². The lowest BCUT2D eigenvalue weighted by Gasteiger charge is -2.34. The van der Waals surface area contributed by atoms with Crippen molar-refractivity contribution in [2.45, 2.75) is 44.7 Å². The van der Waals surface area contributed by atoms with Crippen molar-refractivity contribution < 1.29 is 23.4 Å². The van der Waals surface area contributed by atoms with Gasteiger partial charge in [0.25, 0.3) is 5.91 Å². The number of hydrogen-bond donors (Lipinski definition) is 0. The number of carbonyl (C=O) groups excluding carboxylic acids is 2. The summed E-state index contributed by atoms with van der Waals surface area (Å²) in [7, 11) is 0. The lowest BCUT2D eigenvalue weighted by molar-refractivity contribution is -0.608. The van der Waals surface area contributed by atoms with Crippen LogP contribution in [0.5, 0.6) is 0 Å². The van der Waals surface area contributed by atoms with E-state index in [1.165, 1.54) is 30.5 Å². The second kappa shape index (κ2) is 9.30. The van der Waals surface area contributed by atoms with E-state index in [4.69, 9.17) is 4.74 Å². The van der Waals surface area contributed by atoms with Crippen LogP contribution in [0.3, 0.4) is 0 Å². The SMILES string of the molecule is O=C(OCC(=O)N(Cc1ccc(F)cc1)C1CCCCC1)c1cccc[n+]1[O-]. The molecular weight excluding hydrogens is 363 g/mol. The molecule has 0 radical (unpaired) electrons. The second-order valence-electron chi connectivity index (χ2n) is 6.93. The molecule has 1 fully saturated rings. The fourth-order valence-corrected chi connectivity index (χ4v) is 3.47. The number of aromatic nitrogens is 1. The van der Waals surface area contributed by atoms with Crippen LogP contribution in [0.25, 0.3) is 0 Å². The minimum Gasteiger partial charge on any atom is -0.618 e. The molecule has 0 N–H and O–H groups in total. The molecule has 1 amide bonds. The first-order valence-corrected chi connectivity index (χ1v) is 9.44. The molecule has 0 spiro atoms. The van der Waals surface area contributed by atoms with Crippen LogP contribution in [0.15, 0.2) is 48.7 Å². The maximum atomic E-state index is 13.2. The van der Waals surface area contributed by atoms with Crippen LogP contribution in [-0.4, -0.2) is 29.4 Å². The van der Waals surface area contributed by atoms with E-state index in [2.05, 4.69) is 0 Å². The highest BCUT2D eigenvalue weighted by atomic mass is 19.1. The summed E-state index contributed by atoms with van der Waals surface area (Å²) in [5.74, 6) is -1.49. The van der Waals surface area contributed by atoms with Crippen molar-refractivity contribution in [1.29, 1.82) is 0 Å². The topological polar surface area (TPSA) is 73.6 Å². The first-order valence-electron chi connectivity index (χ1n) is 9.44. The van der Waals surface area contributed by atoms with Crippen molar-refractivity contribution in [3.8, 4) is 0 Å². The highest BCUT2D eigenvalue weighted by molar-refractivity contribution is 5.88. The molecule has 1 saturated carbocycles. The first kappa shape index (κ1) is 19.8. The molecule has 0 unspecified atom stereocenters. The molecular formula is C21H23FN2O4. The molecule has 28 heavy (non-hydrogen) atoms. The largest absolute Gasteiger partial charge is 0.618 e. The smallest absolute Gasteiger partial charge is 0.405 e. The van der Waals surface area contributed by atoms with Gasteiger partial charge >= 0.3 is 11.7 Å². The maximum absolute atomic E-state index is 13.2. The third kappa shape index (κ3) is 5.06. The molecule has 7 heteroatoms. The minimum absolute atomic E-state index is 0.0613. The van der Waals surface area contributed by atoms with Gasteiger partial charge in [-0.3, -0.25) is 4.79 Å². The summed E-state index contributed by atoms with van der Waals surface area (Å²) in [5, 5.41) is 11.6. The Morgan fingerprint density at radius 1 is 1.11 bits per heavy atom. The summed E-state index contributed by atoms with van der Waals surface area (Å²) >= 11 is 0. The number of halogens is 1. The van der Waals surface area contributed by atoms with Crippen LogP contribution in [-0.2, 0) is 16.1 Å². The number of pyridine rings is 1. The molecule has 3 rings (SSSR count). The maximum Gasteiger partial charge on any atom is 0.405 e. The Labute approximate surface area is 163 Å². The summed E-state index contributed by atoms with van der Waals surface area (Å²) < 4.78 is 18.7. The quantitative estimate of drug-likeness (QED) is 0.435. The van der Waals surface area contributed by atoms with E-state index in [0.717, 1.165) is 37.7 Å². The average Bonchev–Trinajstić information content (AvgIpc) is 2.72. The number of carbonyl (C=O) groups is 2. The number of nitrogens with zero attached hydrogens (tertiary/aromatic N) is 2. The molecule has 0 bridgehead atoms. The van der Waals surface area contributed by atoms with Gasteiger partial charge in [-0.1, -0.05) is 31.4 Å². The lowest BCUT2D eigenvalue weighted by atomic mass is 9.93. The van der Waals surface area contributed by atoms with E-state index >= 15 is 0 Å². The molecule has 0 saturated heterocycles. The zero-order chi connectivity index (χ0) is 19.9. The Balaban J connectivity index is 1.68. The van der Waals surface area contributed by atoms with Gasteiger partial charge in [0.2, 0.25) is 0 Å². The van der Waals surface area contributed by atoms with Gasteiger partial charge in [-0.05, 0) is 36.6 Å². The average molecular weight is 386 g/mol. The summed E-state index contributed by atoms with van der Waals surface area (Å²) in [5.41, 5.74) is 0.644. The van der Waals surface area contributed by atoms with E-state index in [0.29, 0.717) is 11.3 Å². The third-order valence-corrected chi connectivity index (χ3v) is 4.96. The van der Waals surface area contributed by atoms with Gasteiger partial charge in [-0.25, -0.2) is 9.18 Å². The number of amides is 1. The number of benzene rings is 1. The van der Waals surface area contributed by atoms with Gasteiger partial charge in [-0.15, -0.1) is 0 Å². The van der Waals surface area contributed by atoms with Crippen LogP contribution in [0.2, 0.25) is 0 Å². The number of ether oxygens (including phenoxy) is 1. The van der Waals surface area contributed by atoms with E-state index in [1.807, 2.05) is 0 Å². The van der Waals surface area contributed by atoms with Crippen molar-refractivity contribution in [3.05, 3.63) is 70.9 Å². The molecule has 1 aliphatic rings. The van der Waals surface area contributed by atoms with Gasteiger partial charge in [0, 0.05) is 24.7 Å². The van der Waals surface area contributed by atoms with Crippen LogP contribution in [0, 0.1) is 11.0 Å². The van der Waals surface area contributed by atoms with Crippen molar-refractivity contribution in [3.63, 3.8) is 0 Å². The molecule has 1 aromatic heterocycles. The Morgan fingerprint density at radius 3 is 2.50 bits per heavy atom. The van der Waals surface area contributed by atoms with Crippen molar-refractivity contribution >= 4 is 11.9 Å². The zero-order valence-corrected chi connectivity index (χ0v) is 15.6. The van der Waals surface area contributed by atoms with Crippen LogP contribution in [0.1, 0.15) is 48.2 Å². The summed E-state index contributed by atoms with van der Waals surface area (Å²) in [4.78, 5) is 26.6. The van der Waals surface area contributed by atoms with Crippen LogP contribution in [0.4, 0.5) is 4.39 Å². The molecule has 0 aliphatic heterocycles. The fraction of sp³-hybridized carbons (Fsp3) is 0.381. The Kier molecular flexibility index (Phi) is 6.57. The van der Waals surface area contributed by atoms with Crippen LogP contribution >= 0.6 is 0 Å². The predicted octanol–water partition coefficient (Wildman–Crippen LogP) is 2.98. The van der Waals surface area contributed by atoms with Gasteiger partial charge in [0.05, 0.1) is 0 Å². The summed E-state index contributed by atoms with van der Waals surface area (Å²) in [6.07, 6.45) is 6.19. The number of rotatable bonds is 6. The number of esters is 1. The molecule has 2 aromatic rings. The minimum atomic E-state index is -0.839. The molecule has 1 aromatic carbocycles. The third-order valence-electron chi connectivity index (χ3n) is 4.96. The number of hydrogen-bond acceptors (Lipinski definition) is 4. The highest BCUT2D eigenvalue weighted by Gasteiger charge is 2.27. The van der Waals surface area contributed by atoms with E-state index < -0.39 is 12.6 Å².